The molecule has 2 heterocycles. The fraction of sp³-hybridized carbons (Fsp3) is 0.250. The number of hydrogen-bond acceptors (Lipinski definition) is 6. The minimum atomic E-state index is -0.595. The lowest BCUT2D eigenvalue weighted by Gasteiger charge is -2.18. The summed E-state index contributed by atoms with van der Waals surface area (Å²) >= 11 is 0. The quantitative estimate of drug-likeness (QED) is 0.464. The van der Waals surface area contributed by atoms with Crippen molar-refractivity contribution in [2.24, 2.45) is 11.7 Å². The third-order valence-corrected chi connectivity index (χ3v) is 5.96. The number of carbonyl (C=O) groups is 1. The molecule has 0 radical (unpaired) electrons. The summed E-state index contributed by atoms with van der Waals surface area (Å²) in [6, 6.07) is 13.9. The third-order valence-electron chi connectivity index (χ3n) is 5.96. The highest BCUT2D eigenvalue weighted by molar-refractivity contribution is 6.05. The molecule has 2 aromatic carbocycles. The highest BCUT2D eigenvalue weighted by Crippen LogP contribution is 2.37. The molecule has 1 fully saturated rings. The van der Waals surface area contributed by atoms with Gasteiger partial charge in [-0.25, -0.2) is 4.68 Å². The summed E-state index contributed by atoms with van der Waals surface area (Å²) in [5.74, 6) is 0.748. The molecule has 1 aliphatic rings. The van der Waals surface area contributed by atoms with E-state index in [2.05, 4.69) is 27.5 Å². The van der Waals surface area contributed by atoms with Crippen molar-refractivity contribution in [3.8, 4) is 22.6 Å². The van der Waals surface area contributed by atoms with Gasteiger partial charge in [0.2, 0.25) is 0 Å². The summed E-state index contributed by atoms with van der Waals surface area (Å²) in [4.78, 5) is 12.0. The second-order valence-electron chi connectivity index (χ2n) is 8.13. The fourth-order valence-electron chi connectivity index (χ4n) is 4.02. The fourth-order valence-corrected chi connectivity index (χ4v) is 4.02. The number of carbonyl (C=O) groups excluding carboxylic acids is 1. The Morgan fingerprint density at radius 2 is 2.06 bits per heavy atom. The van der Waals surface area contributed by atoms with Gasteiger partial charge in [-0.15, -0.1) is 10.2 Å². The lowest BCUT2D eigenvalue weighted by Crippen LogP contribution is -2.23. The summed E-state index contributed by atoms with van der Waals surface area (Å²) in [5.41, 5.74) is 9.81. The van der Waals surface area contributed by atoms with Crippen molar-refractivity contribution in [3.63, 3.8) is 0 Å². The van der Waals surface area contributed by atoms with Gasteiger partial charge in [0, 0.05) is 29.4 Å². The van der Waals surface area contributed by atoms with Crippen molar-refractivity contribution in [2.45, 2.75) is 25.8 Å². The Morgan fingerprint density at radius 1 is 1.22 bits per heavy atom. The average molecular weight is 428 g/mol. The van der Waals surface area contributed by atoms with Crippen LogP contribution >= 0.6 is 0 Å². The summed E-state index contributed by atoms with van der Waals surface area (Å²) in [7, 11) is 1.65. The zero-order valence-corrected chi connectivity index (χ0v) is 17.9. The molecule has 8 nitrogen and oxygen atoms in total. The molecular formula is C24H24N6O2. The molecule has 5 rings (SSSR count). The van der Waals surface area contributed by atoms with Crippen LogP contribution in [0.1, 0.15) is 30.3 Å². The van der Waals surface area contributed by atoms with Gasteiger partial charge in [-0.05, 0) is 67.6 Å². The number of methoxy groups -OCH3 is 1. The average Bonchev–Trinajstić information content (AvgIpc) is 3.52. The maximum Gasteiger partial charge on any atom is 0.271 e. The topological polar surface area (TPSA) is 108 Å². The van der Waals surface area contributed by atoms with Crippen molar-refractivity contribution in [1.29, 1.82) is 0 Å². The molecule has 0 bridgehead atoms. The van der Waals surface area contributed by atoms with Gasteiger partial charge in [-0.1, -0.05) is 6.07 Å². The van der Waals surface area contributed by atoms with E-state index >= 15 is 0 Å². The van der Waals surface area contributed by atoms with E-state index in [0.717, 1.165) is 28.0 Å². The number of rotatable bonds is 7. The number of amides is 1. The zero-order valence-electron chi connectivity index (χ0n) is 17.9. The normalized spacial score (nSPS) is 14.3. The van der Waals surface area contributed by atoms with Gasteiger partial charge in [0.05, 0.1) is 24.0 Å². The van der Waals surface area contributed by atoms with Crippen molar-refractivity contribution >= 4 is 22.5 Å². The molecule has 8 heteroatoms. The molecule has 0 spiro atoms. The molecule has 0 saturated heterocycles. The number of fused-ring (bicyclic) bond motifs is 1. The smallest absolute Gasteiger partial charge is 0.271 e. The lowest BCUT2D eigenvalue weighted by atomic mass is 10.0. The van der Waals surface area contributed by atoms with Gasteiger partial charge in [0.15, 0.2) is 5.69 Å². The van der Waals surface area contributed by atoms with Crippen LogP contribution in [0.5, 0.6) is 5.75 Å². The Balaban J connectivity index is 1.62. The predicted molar refractivity (Wildman–Crippen MR) is 123 cm³/mol. The number of benzene rings is 2. The van der Waals surface area contributed by atoms with E-state index in [1.807, 2.05) is 48.7 Å². The van der Waals surface area contributed by atoms with E-state index in [-0.39, 0.29) is 11.7 Å². The minimum Gasteiger partial charge on any atom is -0.496 e. The summed E-state index contributed by atoms with van der Waals surface area (Å²) in [6.45, 7) is 2.12. The maximum atomic E-state index is 12.0. The largest absolute Gasteiger partial charge is 0.496 e. The van der Waals surface area contributed by atoms with E-state index < -0.39 is 5.91 Å². The Kier molecular flexibility index (Phi) is 4.97. The zero-order chi connectivity index (χ0) is 22.2. The molecule has 0 unspecified atom stereocenters. The minimum absolute atomic E-state index is 0.163. The van der Waals surface area contributed by atoms with Crippen LogP contribution in [0.4, 0.5) is 5.69 Å². The van der Waals surface area contributed by atoms with Crippen LogP contribution in [0.2, 0.25) is 0 Å². The Bertz CT molecular complexity index is 1300. The van der Waals surface area contributed by atoms with Crippen LogP contribution in [-0.2, 0) is 0 Å². The first-order valence-electron chi connectivity index (χ1n) is 10.6. The molecule has 3 N–H and O–H groups in total. The van der Waals surface area contributed by atoms with Crippen molar-refractivity contribution in [2.75, 3.05) is 12.4 Å². The highest BCUT2D eigenvalue weighted by Gasteiger charge is 2.29. The molecule has 0 aliphatic heterocycles. The molecule has 4 aromatic rings. The van der Waals surface area contributed by atoms with Crippen LogP contribution in [0.3, 0.4) is 0 Å². The number of hydrogen-bond donors (Lipinski definition) is 2. The first-order valence-corrected chi connectivity index (χ1v) is 10.6. The molecule has 1 aliphatic carbocycles. The molecule has 162 valence electrons. The van der Waals surface area contributed by atoms with Crippen molar-refractivity contribution in [3.05, 3.63) is 60.6 Å². The Morgan fingerprint density at radius 3 is 2.75 bits per heavy atom. The molecule has 2 aromatic heterocycles. The number of primary amides is 1. The van der Waals surface area contributed by atoms with E-state index in [1.165, 1.54) is 12.8 Å². The predicted octanol–water partition coefficient (Wildman–Crippen LogP) is 3.80. The summed E-state index contributed by atoms with van der Waals surface area (Å²) in [5, 5.41) is 17.0. The number of nitrogens with two attached hydrogens (primary N) is 1. The Hall–Kier alpha value is -3.94. The van der Waals surface area contributed by atoms with Gasteiger partial charge >= 0.3 is 0 Å². The van der Waals surface area contributed by atoms with E-state index in [1.54, 1.807) is 18.0 Å². The number of aromatic nitrogens is 4. The van der Waals surface area contributed by atoms with Crippen molar-refractivity contribution < 1.29 is 9.53 Å². The first-order chi connectivity index (χ1) is 15.5. The molecule has 1 atom stereocenters. The Labute approximate surface area is 185 Å². The number of nitrogens with zero attached hydrogens (tertiary/aromatic N) is 4. The molecular weight excluding hydrogens is 404 g/mol. The lowest BCUT2D eigenvalue weighted by molar-refractivity contribution is 0.0995. The van der Waals surface area contributed by atoms with Crippen LogP contribution in [0.25, 0.3) is 27.7 Å². The van der Waals surface area contributed by atoms with Gasteiger partial charge < -0.3 is 15.8 Å². The number of anilines is 1. The molecule has 1 saturated carbocycles. The monoisotopic (exact) mass is 428 g/mol. The van der Waals surface area contributed by atoms with E-state index in [0.29, 0.717) is 17.1 Å². The van der Waals surface area contributed by atoms with Gasteiger partial charge in [0.1, 0.15) is 5.75 Å². The number of ether oxygens (including phenoxy) is 1. The third kappa shape index (κ3) is 3.64. The van der Waals surface area contributed by atoms with E-state index in [9.17, 15) is 4.79 Å². The SMILES string of the molecule is COc1ccc(-n2cccn2)cc1-c1ccc2c(N[C@H](C)C3CC3)c(C(N)=O)nnc2c1. The second-order valence-corrected chi connectivity index (χ2v) is 8.13. The summed E-state index contributed by atoms with van der Waals surface area (Å²) < 4.78 is 7.40. The van der Waals surface area contributed by atoms with Gasteiger partial charge in [-0.2, -0.15) is 5.10 Å². The first kappa shape index (κ1) is 20.0. The van der Waals surface area contributed by atoms with Crippen LogP contribution in [0, 0.1) is 5.92 Å². The molecule has 1 amide bonds. The van der Waals surface area contributed by atoms with Crippen LogP contribution < -0.4 is 15.8 Å². The van der Waals surface area contributed by atoms with E-state index in [4.69, 9.17) is 10.5 Å². The van der Waals surface area contributed by atoms with Crippen LogP contribution in [0.15, 0.2) is 54.9 Å². The van der Waals surface area contributed by atoms with Gasteiger partial charge in [0.25, 0.3) is 5.91 Å². The standard InChI is InChI=1S/C24H24N6O2/c1-14(15-4-5-15)27-22-18-8-6-16(12-20(18)28-29-23(22)24(25)31)19-13-17(7-9-21(19)32-2)30-11-3-10-26-30/h3,6-15H,4-5H2,1-2H3,(H2,25,31)(H,27,28)/t14-/m1/s1. The van der Waals surface area contributed by atoms with Gasteiger partial charge in [-0.3, -0.25) is 4.79 Å². The van der Waals surface area contributed by atoms with Crippen molar-refractivity contribution in [1.82, 2.24) is 20.0 Å². The van der Waals surface area contributed by atoms with Crippen LogP contribution in [-0.4, -0.2) is 39.0 Å². The maximum absolute atomic E-state index is 12.0. The molecule has 32 heavy (non-hydrogen) atoms. The summed E-state index contributed by atoms with van der Waals surface area (Å²) in [6.07, 6.45) is 6.00. The second kappa shape index (κ2) is 7.96. The highest BCUT2D eigenvalue weighted by atomic mass is 16.5. The number of nitrogens with one attached hydrogen (secondary N) is 1.